The zero-order valence-corrected chi connectivity index (χ0v) is 12.4. The quantitative estimate of drug-likeness (QED) is 0.820. The second-order valence-corrected chi connectivity index (χ2v) is 6.69. The molecule has 102 valence electrons. The monoisotopic (exact) mass is 290 g/mol. The third kappa shape index (κ3) is 4.55. The third-order valence-electron chi connectivity index (χ3n) is 2.82. The van der Waals surface area contributed by atoms with E-state index < -0.39 is 10.0 Å². The van der Waals surface area contributed by atoms with E-state index in [0.29, 0.717) is 5.92 Å². The second-order valence-electron chi connectivity index (χ2n) is 4.59. The molecule has 1 aromatic heterocycles. The number of rotatable bonds is 6. The highest BCUT2D eigenvalue weighted by atomic mass is 35.5. The lowest BCUT2D eigenvalue weighted by atomic mass is 10.0. The maximum Gasteiger partial charge on any atom is 0.242 e. The topological polar surface area (TPSA) is 59.1 Å². The minimum absolute atomic E-state index is 0.0966. The number of halogens is 1. The second kappa shape index (κ2) is 6.50. The molecule has 18 heavy (non-hydrogen) atoms. The summed E-state index contributed by atoms with van der Waals surface area (Å²) in [6, 6.07) is 2.82. The van der Waals surface area contributed by atoms with Crippen LogP contribution in [0, 0.1) is 5.92 Å². The summed E-state index contributed by atoms with van der Waals surface area (Å²) in [4.78, 5) is 3.92. The van der Waals surface area contributed by atoms with Gasteiger partial charge < -0.3 is 0 Å². The van der Waals surface area contributed by atoms with Gasteiger partial charge in [-0.25, -0.2) is 18.1 Å². The Morgan fingerprint density at radius 2 is 2.06 bits per heavy atom. The van der Waals surface area contributed by atoms with Crippen LogP contribution < -0.4 is 4.72 Å². The van der Waals surface area contributed by atoms with Crippen LogP contribution in [-0.4, -0.2) is 19.4 Å². The molecule has 1 aromatic rings. The molecular weight excluding hydrogens is 272 g/mol. The largest absolute Gasteiger partial charge is 0.243 e. The molecule has 0 fully saturated rings. The molecule has 6 heteroatoms. The summed E-state index contributed by atoms with van der Waals surface area (Å²) in [7, 11) is -3.50. The van der Waals surface area contributed by atoms with E-state index in [4.69, 9.17) is 11.6 Å². The summed E-state index contributed by atoms with van der Waals surface area (Å²) in [6.07, 6.45) is 3.12. The van der Waals surface area contributed by atoms with Crippen LogP contribution in [0.1, 0.15) is 33.6 Å². The first-order valence-electron chi connectivity index (χ1n) is 5.99. The Morgan fingerprint density at radius 1 is 1.39 bits per heavy atom. The van der Waals surface area contributed by atoms with E-state index in [-0.39, 0.29) is 16.1 Å². The van der Waals surface area contributed by atoms with E-state index in [1.54, 1.807) is 0 Å². The van der Waals surface area contributed by atoms with Crippen molar-refractivity contribution >= 4 is 21.6 Å². The van der Waals surface area contributed by atoms with Gasteiger partial charge in [0.15, 0.2) is 0 Å². The van der Waals surface area contributed by atoms with E-state index in [9.17, 15) is 8.42 Å². The minimum atomic E-state index is -3.50. The Bertz CT molecular complexity index is 473. The van der Waals surface area contributed by atoms with Crippen LogP contribution in [0.3, 0.4) is 0 Å². The molecule has 0 aliphatic carbocycles. The zero-order valence-electron chi connectivity index (χ0n) is 10.9. The minimum Gasteiger partial charge on any atom is -0.243 e. The molecule has 0 aromatic carbocycles. The van der Waals surface area contributed by atoms with Crippen molar-refractivity contribution in [2.45, 2.75) is 44.6 Å². The molecule has 0 saturated carbocycles. The fourth-order valence-electron chi connectivity index (χ4n) is 1.67. The lowest BCUT2D eigenvalue weighted by Gasteiger charge is -2.17. The molecule has 4 nitrogen and oxygen atoms in total. The summed E-state index contributed by atoms with van der Waals surface area (Å²) in [5, 5.41) is 0.279. The molecule has 1 rings (SSSR count). The van der Waals surface area contributed by atoms with Crippen LogP contribution in [0.25, 0.3) is 0 Å². The van der Waals surface area contributed by atoms with Crippen molar-refractivity contribution in [1.29, 1.82) is 0 Å². The van der Waals surface area contributed by atoms with Crippen molar-refractivity contribution in [2.24, 2.45) is 5.92 Å². The van der Waals surface area contributed by atoms with Crippen molar-refractivity contribution in [1.82, 2.24) is 9.71 Å². The van der Waals surface area contributed by atoms with Gasteiger partial charge in [0.1, 0.15) is 10.0 Å². The van der Waals surface area contributed by atoms with Crippen LogP contribution in [0.15, 0.2) is 23.2 Å². The zero-order chi connectivity index (χ0) is 13.8. The maximum absolute atomic E-state index is 12.0. The lowest BCUT2D eigenvalue weighted by molar-refractivity contribution is 0.445. The first kappa shape index (κ1) is 15.4. The van der Waals surface area contributed by atoms with Crippen molar-refractivity contribution < 1.29 is 8.42 Å². The number of nitrogens with zero attached hydrogens (tertiary/aromatic N) is 1. The van der Waals surface area contributed by atoms with Gasteiger partial charge in [0.25, 0.3) is 0 Å². The summed E-state index contributed by atoms with van der Waals surface area (Å²) >= 11 is 5.63. The summed E-state index contributed by atoms with van der Waals surface area (Å²) < 4.78 is 26.7. The van der Waals surface area contributed by atoms with Gasteiger partial charge in [-0.05, 0) is 31.4 Å². The predicted octanol–water partition coefficient (Wildman–Crippen LogP) is 2.84. The van der Waals surface area contributed by atoms with Crippen LogP contribution in [-0.2, 0) is 10.0 Å². The van der Waals surface area contributed by atoms with E-state index in [1.165, 1.54) is 18.3 Å². The van der Waals surface area contributed by atoms with Gasteiger partial charge in [0.05, 0.1) is 0 Å². The van der Waals surface area contributed by atoms with Gasteiger partial charge in [0.2, 0.25) is 10.0 Å². The molecule has 2 unspecified atom stereocenters. The van der Waals surface area contributed by atoms with Gasteiger partial charge >= 0.3 is 0 Å². The molecular formula is C12H19ClN2O2S. The number of hydrogen-bond donors (Lipinski definition) is 1. The number of sulfonamides is 1. The smallest absolute Gasteiger partial charge is 0.242 e. The normalized spacial score (nSPS) is 15.3. The first-order valence-corrected chi connectivity index (χ1v) is 7.85. The number of hydrogen-bond acceptors (Lipinski definition) is 3. The molecule has 0 saturated heterocycles. The molecule has 0 radical (unpaired) electrons. The molecule has 1 heterocycles. The fraction of sp³-hybridized carbons (Fsp3) is 0.583. The molecule has 0 aliphatic heterocycles. The molecule has 0 spiro atoms. The Morgan fingerprint density at radius 3 is 2.56 bits per heavy atom. The highest BCUT2D eigenvalue weighted by molar-refractivity contribution is 7.89. The fourth-order valence-corrected chi connectivity index (χ4v) is 2.98. The van der Waals surface area contributed by atoms with Gasteiger partial charge in [-0.15, -0.1) is 0 Å². The highest BCUT2D eigenvalue weighted by Crippen LogP contribution is 2.14. The van der Waals surface area contributed by atoms with Crippen LogP contribution in [0.2, 0.25) is 5.15 Å². The third-order valence-corrected chi connectivity index (χ3v) is 4.62. The predicted molar refractivity (Wildman–Crippen MR) is 73.1 cm³/mol. The lowest BCUT2D eigenvalue weighted by Crippen LogP contribution is -2.33. The standard InChI is InChI=1S/C12H19ClN2O2S/c1-4-9(2)7-10(3)15-18(16,17)11-5-6-12(13)14-8-11/h5-6,8-10,15H,4,7H2,1-3H3. The van der Waals surface area contributed by atoms with Crippen molar-refractivity contribution in [2.75, 3.05) is 0 Å². The summed E-state index contributed by atoms with van der Waals surface area (Å²) in [5.74, 6) is 0.492. The van der Waals surface area contributed by atoms with Crippen LogP contribution >= 0.6 is 11.6 Å². The molecule has 0 bridgehead atoms. The first-order chi connectivity index (χ1) is 8.35. The highest BCUT2D eigenvalue weighted by Gasteiger charge is 2.18. The van der Waals surface area contributed by atoms with Gasteiger partial charge in [-0.1, -0.05) is 31.9 Å². The summed E-state index contributed by atoms with van der Waals surface area (Å²) in [6.45, 7) is 6.07. The molecule has 1 N–H and O–H groups in total. The van der Waals surface area contributed by atoms with Crippen molar-refractivity contribution in [3.05, 3.63) is 23.5 Å². The van der Waals surface area contributed by atoms with Gasteiger partial charge in [0, 0.05) is 12.2 Å². The number of aromatic nitrogens is 1. The van der Waals surface area contributed by atoms with Crippen molar-refractivity contribution in [3.63, 3.8) is 0 Å². The van der Waals surface area contributed by atoms with Gasteiger partial charge in [-0.2, -0.15) is 0 Å². The van der Waals surface area contributed by atoms with E-state index >= 15 is 0 Å². The Kier molecular flexibility index (Phi) is 5.56. The average molecular weight is 291 g/mol. The Hall–Kier alpha value is -0.650. The Labute approximate surface area is 114 Å². The molecule has 0 aliphatic rings. The molecule has 2 atom stereocenters. The van der Waals surface area contributed by atoms with Crippen molar-refractivity contribution in [3.8, 4) is 0 Å². The van der Waals surface area contributed by atoms with Crippen LogP contribution in [0.5, 0.6) is 0 Å². The maximum atomic E-state index is 12.0. The van der Waals surface area contributed by atoms with Gasteiger partial charge in [-0.3, -0.25) is 0 Å². The molecule has 0 amide bonds. The van der Waals surface area contributed by atoms with E-state index in [0.717, 1.165) is 12.8 Å². The number of pyridine rings is 1. The van der Waals surface area contributed by atoms with E-state index in [1.807, 2.05) is 6.92 Å². The van der Waals surface area contributed by atoms with E-state index in [2.05, 4.69) is 23.6 Å². The average Bonchev–Trinajstić information content (AvgIpc) is 2.28. The van der Waals surface area contributed by atoms with Crippen LogP contribution in [0.4, 0.5) is 0 Å². The SMILES string of the molecule is CCC(C)CC(C)NS(=O)(=O)c1ccc(Cl)nc1. The Balaban J connectivity index is 2.73. The summed E-state index contributed by atoms with van der Waals surface area (Å²) in [5.41, 5.74) is 0. The number of nitrogens with one attached hydrogen (secondary N) is 1.